The summed E-state index contributed by atoms with van der Waals surface area (Å²) in [5.74, 6) is -0.804. The summed E-state index contributed by atoms with van der Waals surface area (Å²) in [4.78, 5) is 12.6. The number of carbonyl (C=O) groups is 1. The van der Waals surface area contributed by atoms with Gasteiger partial charge >= 0.3 is 5.97 Å². The molecule has 0 unspecified atom stereocenters. The number of hydrogen-bond acceptors (Lipinski definition) is 3. The highest BCUT2D eigenvalue weighted by atomic mass is 79.9. The second-order valence-electron chi connectivity index (χ2n) is 3.92. The first-order chi connectivity index (χ1) is 9.04. The van der Waals surface area contributed by atoms with Crippen molar-refractivity contribution in [3.05, 3.63) is 49.6 Å². The Labute approximate surface area is 128 Å². The summed E-state index contributed by atoms with van der Waals surface area (Å²) >= 11 is 10.8. The number of carboxylic acid groups (broad SMARTS) is 1. The van der Waals surface area contributed by atoms with Crippen molar-refractivity contribution in [2.24, 2.45) is 0 Å². The van der Waals surface area contributed by atoms with Crippen molar-refractivity contribution in [3.8, 4) is 0 Å². The van der Waals surface area contributed by atoms with Crippen LogP contribution in [0.25, 0.3) is 0 Å². The Morgan fingerprint density at radius 3 is 2.74 bits per heavy atom. The maximum absolute atomic E-state index is 10.6. The van der Waals surface area contributed by atoms with Crippen LogP contribution in [0.1, 0.15) is 9.75 Å². The van der Waals surface area contributed by atoms with Gasteiger partial charge in [-0.15, -0.1) is 11.3 Å². The third kappa shape index (κ3) is 4.23. The Kier molecular flexibility index (Phi) is 4.85. The predicted octanol–water partition coefficient (Wildman–Crippen LogP) is 4.40. The van der Waals surface area contributed by atoms with Gasteiger partial charge in [0.1, 0.15) is 0 Å². The standard InChI is InChI=1S/C13H11BrClNO2S/c14-11-5-8(15)1-4-12(11)16-7-10-3-2-9(19-10)6-13(17)18/h1-5,16H,6-7H2,(H,17,18). The molecule has 0 amide bonds. The molecule has 0 radical (unpaired) electrons. The van der Waals surface area contributed by atoms with E-state index in [0.717, 1.165) is 19.9 Å². The number of anilines is 1. The van der Waals surface area contributed by atoms with Crippen molar-refractivity contribution in [1.29, 1.82) is 0 Å². The van der Waals surface area contributed by atoms with Gasteiger partial charge in [0.2, 0.25) is 0 Å². The normalized spacial score (nSPS) is 10.4. The zero-order chi connectivity index (χ0) is 13.8. The fourth-order valence-corrected chi connectivity index (χ4v) is 3.35. The van der Waals surface area contributed by atoms with Gasteiger partial charge in [-0.05, 0) is 46.3 Å². The smallest absolute Gasteiger partial charge is 0.308 e. The largest absolute Gasteiger partial charge is 0.481 e. The molecule has 19 heavy (non-hydrogen) atoms. The second kappa shape index (κ2) is 6.41. The number of nitrogens with one attached hydrogen (secondary N) is 1. The Hall–Kier alpha value is -1.04. The molecular formula is C13H11BrClNO2S. The third-order valence-electron chi connectivity index (χ3n) is 2.43. The summed E-state index contributed by atoms with van der Waals surface area (Å²) in [5.41, 5.74) is 0.956. The van der Waals surface area contributed by atoms with Gasteiger partial charge in [0.25, 0.3) is 0 Å². The Morgan fingerprint density at radius 2 is 2.05 bits per heavy atom. The summed E-state index contributed by atoms with van der Waals surface area (Å²) in [6.45, 7) is 0.657. The van der Waals surface area contributed by atoms with E-state index in [0.29, 0.717) is 11.6 Å². The fourth-order valence-electron chi connectivity index (χ4n) is 1.58. The number of benzene rings is 1. The van der Waals surface area contributed by atoms with Crippen molar-refractivity contribution in [1.82, 2.24) is 0 Å². The number of aliphatic carboxylic acids is 1. The van der Waals surface area contributed by atoms with E-state index in [9.17, 15) is 4.79 Å². The number of rotatable bonds is 5. The average Bonchev–Trinajstić information content (AvgIpc) is 2.74. The molecule has 6 heteroatoms. The summed E-state index contributed by atoms with van der Waals surface area (Å²) in [5, 5.41) is 12.7. The van der Waals surface area contributed by atoms with Gasteiger partial charge in [-0.3, -0.25) is 4.79 Å². The van der Waals surface area contributed by atoms with E-state index in [1.54, 1.807) is 0 Å². The van der Waals surface area contributed by atoms with Gasteiger partial charge in [-0.25, -0.2) is 0 Å². The quantitative estimate of drug-likeness (QED) is 0.830. The average molecular weight is 361 g/mol. The minimum absolute atomic E-state index is 0.0787. The number of carboxylic acids is 1. The van der Waals surface area contributed by atoms with Crippen molar-refractivity contribution in [3.63, 3.8) is 0 Å². The highest BCUT2D eigenvalue weighted by Crippen LogP contribution is 2.27. The molecule has 1 aromatic heterocycles. The van der Waals surface area contributed by atoms with Gasteiger partial charge in [-0.1, -0.05) is 11.6 Å². The molecule has 0 aliphatic rings. The van der Waals surface area contributed by atoms with Gasteiger partial charge in [0, 0.05) is 31.5 Å². The Bertz CT molecular complexity index is 600. The summed E-state index contributed by atoms with van der Waals surface area (Å²) in [7, 11) is 0. The zero-order valence-corrected chi connectivity index (χ0v) is 13.0. The fraction of sp³-hybridized carbons (Fsp3) is 0.154. The van der Waals surface area contributed by atoms with Crippen LogP contribution < -0.4 is 5.32 Å². The molecule has 0 atom stereocenters. The molecule has 0 bridgehead atoms. The summed E-state index contributed by atoms with van der Waals surface area (Å²) in [6.07, 6.45) is 0.0787. The van der Waals surface area contributed by atoms with Crippen LogP contribution in [0.2, 0.25) is 5.02 Å². The van der Waals surface area contributed by atoms with Gasteiger partial charge in [0.05, 0.1) is 6.42 Å². The van der Waals surface area contributed by atoms with E-state index in [-0.39, 0.29) is 6.42 Å². The Morgan fingerprint density at radius 1 is 1.32 bits per heavy atom. The van der Waals surface area contributed by atoms with E-state index in [1.165, 1.54) is 11.3 Å². The number of hydrogen-bond donors (Lipinski definition) is 2. The van der Waals surface area contributed by atoms with E-state index in [1.807, 2.05) is 30.3 Å². The number of halogens is 2. The van der Waals surface area contributed by atoms with E-state index in [4.69, 9.17) is 16.7 Å². The molecule has 1 aromatic carbocycles. The van der Waals surface area contributed by atoms with Crippen LogP contribution >= 0.6 is 38.9 Å². The zero-order valence-electron chi connectivity index (χ0n) is 9.82. The molecule has 0 saturated carbocycles. The molecule has 0 saturated heterocycles. The molecule has 0 fully saturated rings. The summed E-state index contributed by atoms with van der Waals surface area (Å²) in [6, 6.07) is 9.34. The minimum atomic E-state index is -0.804. The highest BCUT2D eigenvalue weighted by Gasteiger charge is 2.05. The first-order valence-corrected chi connectivity index (χ1v) is 7.51. The van der Waals surface area contributed by atoms with Crippen LogP contribution in [-0.2, 0) is 17.8 Å². The van der Waals surface area contributed by atoms with E-state index >= 15 is 0 Å². The maximum Gasteiger partial charge on any atom is 0.308 e. The van der Waals surface area contributed by atoms with Crippen molar-refractivity contribution < 1.29 is 9.90 Å². The lowest BCUT2D eigenvalue weighted by atomic mass is 10.3. The van der Waals surface area contributed by atoms with E-state index < -0.39 is 5.97 Å². The topological polar surface area (TPSA) is 49.3 Å². The van der Waals surface area contributed by atoms with Gasteiger partial charge in [-0.2, -0.15) is 0 Å². The lowest BCUT2D eigenvalue weighted by Crippen LogP contribution is -1.98. The van der Waals surface area contributed by atoms with Crippen LogP contribution in [0.3, 0.4) is 0 Å². The molecule has 2 rings (SSSR count). The molecule has 3 nitrogen and oxygen atoms in total. The highest BCUT2D eigenvalue weighted by molar-refractivity contribution is 9.10. The van der Waals surface area contributed by atoms with Gasteiger partial charge < -0.3 is 10.4 Å². The van der Waals surface area contributed by atoms with E-state index in [2.05, 4.69) is 21.2 Å². The van der Waals surface area contributed by atoms with Crippen LogP contribution in [-0.4, -0.2) is 11.1 Å². The molecular weight excluding hydrogens is 350 g/mol. The van der Waals surface area contributed by atoms with Crippen LogP contribution in [0.15, 0.2) is 34.8 Å². The second-order valence-corrected chi connectivity index (χ2v) is 6.46. The molecule has 2 aromatic rings. The molecule has 0 aliphatic heterocycles. The van der Waals surface area contributed by atoms with Crippen molar-refractivity contribution in [2.45, 2.75) is 13.0 Å². The Balaban J connectivity index is 1.98. The van der Waals surface area contributed by atoms with Crippen molar-refractivity contribution in [2.75, 3.05) is 5.32 Å². The predicted molar refractivity (Wildman–Crippen MR) is 82.1 cm³/mol. The monoisotopic (exact) mass is 359 g/mol. The van der Waals surface area contributed by atoms with Crippen LogP contribution in [0, 0.1) is 0 Å². The lowest BCUT2D eigenvalue weighted by Gasteiger charge is -2.07. The molecule has 0 spiro atoms. The molecule has 1 heterocycles. The molecule has 100 valence electrons. The minimum Gasteiger partial charge on any atom is -0.481 e. The van der Waals surface area contributed by atoms with Crippen LogP contribution in [0.4, 0.5) is 5.69 Å². The SMILES string of the molecule is O=C(O)Cc1ccc(CNc2ccc(Cl)cc2Br)s1. The van der Waals surface area contributed by atoms with Gasteiger partial charge in [0.15, 0.2) is 0 Å². The maximum atomic E-state index is 10.6. The summed E-state index contributed by atoms with van der Waals surface area (Å²) < 4.78 is 0.905. The third-order valence-corrected chi connectivity index (χ3v) is 4.40. The lowest BCUT2D eigenvalue weighted by molar-refractivity contribution is -0.136. The molecule has 0 aliphatic carbocycles. The van der Waals surface area contributed by atoms with Crippen LogP contribution in [0.5, 0.6) is 0 Å². The number of thiophene rings is 1. The first-order valence-electron chi connectivity index (χ1n) is 5.53. The first kappa shape index (κ1) is 14.4. The van der Waals surface area contributed by atoms with Crippen molar-refractivity contribution >= 4 is 50.5 Å². The molecule has 2 N–H and O–H groups in total.